The maximum absolute atomic E-state index is 6.16. The molecule has 1 aliphatic rings. The SMILES string of the molecule is CC1(C)CCCCC1n1c(N)nc2ccc(Cl)cc21. The molecule has 1 atom stereocenters. The van der Waals surface area contributed by atoms with E-state index in [0.29, 0.717) is 12.0 Å². The monoisotopic (exact) mass is 277 g/mol. The van der Waals surface area contributed by atoms with Gasteiger partial charge < -0.3 is 10.3 Å². The van der Waals surface area contributed by atoms with E-state index in [-0.39, 0.29) is 5.41 Å². The van der Waals surface area contributed by atoms with Crippen LogP contribution >= 0.6 is 11.6 Å². The summed E-state index contributed by atoms with van der Waals surface area (Å²) in [5.74, 6) is 0.609. The van der Waals surface area contributed by atoms with E-state index in [0.717, 1.165) is 22.5 Å². The van der Waals surface area contributed by atoms with Gasteiger partial charge in [0, 0.05) is 11.1 Å². The van der Waals surface area contributed by atoms with Crippen molar-refractivity contribution in [2.24, 2.45) is 5.41 Å². The lowest BCUT2D eigenvalue weighted by Crippen LogP contribution is -2.31. The number of nitrogen functional groups attached to an aromatic ring is 1. The van der Waals surface area contributed by atoms with Gasteiger partial charge >= 0.3 is 0 Å². The molecule has 1 heterocycles. The van der Waals surface area contributed by atoms with Crippen LogP contribution in [0.1, 0.15) is 45.6 Å². The Hall–Kier alpha value is -1.22. The Morgan fingerprint density at radius 2 is 2.16 bits per heavy atom. The van der Waals surface area contributed by atoms with Gasteiger partial charge in [0.1, 0.15) is 0 Å². The van der Waals surface area contributed by atoms with Crippen LogP contribution in [0.15, 0.2) is 18.2 Å². The van der Waals surface area contributed by atoms with E-state index in [1.807, 2.05) is 18.2 Å². The quantitative estimate of drug-likeness (QED) is 0.839. The zero-order valence-corrected chi connectivity index (χ0v) is 12.2. The van der Waals surface area contributed by atoms with Gasteiger partial charge in [-0.3, -0.25) is 0 Å². The molecule has 0 amide bonds. The lowest BCUT2D eigenvalue weighted by molar-refractivity contribution is 0.149. The Bertz CT molecular complexity index is 615. The van der Waals surface area contributed by atoms with Crippen molar-refractivity contribution in [3.8, 4) is 0 Å². The first-order chi connectivity index (χ1) is 8.99. The number of benzene rings is 1. The lowest BCUT2D eigenvalue weighted by Gasteiger charge is -2.40. The van der Waals surface area contributed by atoms with E-state index >= 15 is 0 Å². The minimum Gasteiger partial charge on any atom is -0.369 e. The van der Waals surface area contributed by atoms with E-state index in [9.17, 15) is 0 Å². The van der Waals surface area contributed by atoms with E-state index in [1.54, 1.807) is 0 Å². The smallest absolute Gasteiger partial charge is 0.201 e. The molecule has 3 rings (SSSR count). The van der Waals surface area contributed by atoms with Crippen LogP contribution in [0.4, 0.5) is 5.95 Å². The highest BCUT2D eigenvalue weighted by molar-refractivity contribution is 6.31. The minimum atomic E-state index is 0.252. The molecule has 1 unspecified atom stereocenters. The molecule has 0 radical (unpaired) electrons. The summed E-state index contributed by atoms with van der Waals surface area (Å²) in [6, 6.07) is 6.20. The number of fused-ring (bicyclic) bond motifs is 1. The van der Waals surface area contributed by atoms with Gasteiger partial charge in [-0.05, 0) is 36.5 Å². The predicted octanol–water partition coefficient (Wildman–Crippen LogP) is 4.41. The highest BCUT2D eigenvalue weighted by Crippen LogP contribution is 2.46. The number of nitrogens with zero attached hydrogens (tertiary/aromatic N) is 2. The van der Waals surface area contributed by atoms with Gasteiger partial charge in [0.25, 0.3) is 0 Å². The van der Waals surface area contributed by atoms with E-state index in [2.05, 4.69) is 23.4 Å². The molecule has 0 bridgehead atoms. The molecule has 0 spiro atoms. The molecular formula is C15H20ClN3. The fourth-order valence-corrected chi connectivity index (χ4v) is 3.53. The minimum absolute atomic E-state index is 0.252. The molecule has 102 valence electrons. The van der Waals surface area contributed by atoms with Crippen LogP contribution in [-0.4, -0.2) is 9.55 Å². The summed E-state index contributed by atoms with van der Waals surface area (Å²) in [5.41, 5.74) is 8.41. The number of aromatic nitrogens is 2. The third kappa shape index (κ3) is 2.10. The normalized spacial score (nSPS) is 22.8. The fraction of sp³-hybridized carbons (Fsp3) is 0.533. The van der Waals surface area contributed by atoms with Crippen LogP contribution < -0.4 is 5.73 Å². The Kier molecular flexibility index (Phi) is 2.97. The number of halogens is 1. The van der Waals surface area contributed by atoms with Gasteiger partial charge in [-0.25, -0.2) is 4.98 Å². The van der Waals surface area contributed by atoms with E-state index < -0.39 is 0 Å². The summed E-state index contributed by atoms with van der Waals surface area (Å²) in [6.07, 6.45) is 4.96. The highest BCUT2D eigenvalue weighted by Gasteiger charge is 2.35. The Balaban J connectivity index is 2.18. The molecule has 0 aliphatic heterocycles. The van der Waals surface area contributed by atoms with Gasteiger partial charge in [0.2, 0.25) is 5.95 Å². The molecule has 1 saturated carbocycles. The summed E-state index contributed by atoms with van der Waals surface area (Å²) in [5, 5.41) is 0.738. The van der Waals surface area contributed by atoms with Crippen molar-refractivity contribution in [2.75, 3.05) is 5.73 Å². The summed E-state index contributed by atoms with van der Waals surface area (Å²) < 4.78 is 2.19. The molecule has 1 aromatic heterocycles. The highest BCUT2D eigenvalue weighted by atomic mass is 35.5. The second kappa shape index (κ2) is 4.41. The number of nitrogens with two attached hydrogens (primary N) is 1. The first-order valence-corrected chi connectivity index (χ1v) is 7.30. The number of hydrogen-bond donors (Lipinski definition) is 1. The van der Waals surface area contributed by atoms with Crippen molar-refractivity contribution in [2.45, 2.75) is 45.6 Å². The van der Waals surface area contributed by atoms with Crippen LogP contribution in [0.25, 0.3) is 11.0 Å². The van der Waals surface area contributed by atoms with Crippen molar-refractivity contribution in [1.82, 2.24) is 9.55 Å². The van der Waals surface area contributed by atoms with Gasteiger partial charge in [-0.15, -0.1) is 0 Å². The Morgan fingerprint density at radius 3 is 2.89 bits per heavy atom. The molecule has 19 heavy (non-hydrogen) atoms. The maximum Gasteiger partial charge on any atom is 0.201 e. The zero-order chi connectivity index (χ0) is 13.6. The predicted molar refractivity (Wildman–Crippen MR) is 80.4 cm³/mol. The van der Waals surface area contributed by atoms with Crippen LogP contribution in [0.3, 0.4) is 0 Å². The Labute approximate surface area is 118 Å². The molecule has 1 aromatic carbocycles. The zero-order valence-electron chi connectivity index (χ0n) is 11.5. The van der Waals surface area contributed by atoms with Crippen molar-refractivity contribution in [3.05, 3.63) is 23.2 Å². The molecule has 2 N–H and O–H groups in total. The molecule has 3 nitrogen and oxygen atoms in total. The summed E-state index contributed by atoms with van der Waals surface area (Å²) in [6.45, 7) is 4.65. The topological polar surface area (TPSA) is 43.8 Å². The first kappa shape index (κ1) is 12.8. The van der Waals surface area contributed by atoms with Gasteiger partial charge in [0.15, 0.2) is 0 Å². The van der Waals surface area contributed by atoms with Crippen LogP contribution in [0.5, 0.6) is 0 Å². The van der Waals surface area contributed by atoms with Crippen molar-refractivity contribution < 1.29 is 0 Å². The number of hydrogen-bond acceptors (Lipinski definition) is 2. The molecule has 2 aromatic rings. The maximum atomic E-state index is 6.16. The Morgan fingerprint density at radius 1 is 1.37 bits per heavy atom. The fourth-order valence-electron chi connectivity index (χ4n) is 3.37. The summed E-state index contributed by atoms with van der Waals surface area (Å²) >= 11 is 6.13. The standard InChI is InChI=1S/C15H20ClN3/c1-15(2)8-4-3-5-13(15)19-12-9-10(16)6-7-11(12)18-14(19)17/h6-7,9,13H,3-5,8H2,1-2H3,(H2,17,18). The molecule has 4 heteroatoms. The molecular weight excluding hydrogens is 258 g/mol. The number of anilines is 1. The summed E-state index contributed by atoms with van der Waals surface area (Å²) in [7, 11) is 0. The van der Waals surface area contributed by atoms with Crippen molar-refractivity contribution in [1.29, 1.82) is 0 Å². The average molecular weight is 278 g/mol. The van der Waals surface area contributed by atoms with Crippen LogP contribution in [-0.2, 0) is 0 Å². The van der Waals surface area contributed by atoms with E-state index in [1.165, 1.54) is 19.3 Å². The third-order valence-corrected chi connectivity index (χ3v) is 4.68. The summed E-state index contributed by atoms with van der Waals surface area (Å²) in [4.78, 5) is 4.48. The number of rotatable bonds is 1. The average Bonchev–Trinajstić information content (AvgIpc) is 2.65. The molecule has 1 fully saturated rings. The third-order valence-electron chi connectivity index (χ3n) is 4.44. The number of imidazole rings is 1. The van der Waals surface area contributed by atoms with Crippen molar-refractivity contribution in [3.63, 3.8) is 0 Å². The van der Waals surface area contributed by atoms with Crippen LogP contribution in [0.2, 0.25) is 5.02 Å². The van der Waals surface area contributed by atoms with Gasteiger partial charge in [-0.1, -0.05) is 38.3 Å². The van der Waals surface area contributed by atoms with E-state index in [4.69, 9.17) is 17.3 Å². The second-order valence-corrected chi connectivity index (χ2v) is 6.66. The van der Waals surface area contributed by atoms with Crippen LogP contribution in [0, 0.1) is 5.41 Å². The second-order valence-electron chi connectivity index (χ2n) is 6.22. The first-order valence-electron chi connectivity index (χ1n) is 6.92. The lowest BCUT2D eigenvalue weighted by atomic mass is 9.73. The van der Waals surface area contributed by atoms with Gasteiger partial charge in [0.05, 0.1) is 11.0 Å². The molecule has 1 aliphatic carbocycles. The van der Waals surface area contributed by atoms with Crippen molar-refractivity contribution >= 4 is 28.6 Å². The largest absolute Gasteiger partial charge is 0.369 e. The van der Waals surface area contributed by atoms with Gasteiger partial charge in [-0.2, -0.15) is 0 Å². The molecule has 0 saturated heterocycles.